The van der Waals surface area contributed by atoms with E-state index in [0.717, 1.165) is 29.6 Å². The first-order valence-corrected chi connectivity index (χ1v) is 16.4. The molecule has 45 heavy (non-hydrogen) atoms. The van der Waals surface area contributed by atoms with E-state index in [1.165, 1.54) is 24.2 Å². The summed E-state index contributed by atoms with van der Waals surface area (Å²) >= 11 is 0. The van der Waals surface area contributed by atoms with Gasteiger partial charge in [-0.1, -0.05) is 42.5 Å². The molecule has 3 aromatic rings. The van der Waals surface area contributed by atoms with Gasteiger partial charge in [0.25, 0.3) is 0 Å². The van der Waals surface area contributed by atoms with Crippen LogP contribution < -0.4 is 5.32 Å². The molecule has 11 heteroatoms. The molecule has 0 saturated heterocycles. The van der Waals surface area contributed by atoms with Crippen LogP contribution in [0.5, 0.6) is 0 Å². The van der Waals surface area contributed by atoms with Crippen molar-refractivity contribution in [2.45, 2.75) is 75.6 Å². The van der Waals surface area contributed by atoms with Gasteiger partial charge in [0.15, 0.2) is 0 Å². The number of nitrogens with zero attached hydrogens (tertiary/aromatic N) is 1. The first-order valence-electron chi connectivity index (χ1n) is 14.9. The smallest absolute Gasteiger partial charge is 0.416 e. The molecule has 0 heterocycles. The number of aliphatic hydroxyl groups excluding tert-OH is 1. The zero-order valence-electron chi connectivity index (χ0n) is 26.0. The van der Waals surface area contributed by atoms with Gasteiger partial charge in [-0.15, -0.1) is 0 Å². The molecule has 3 aromatic carbocycles. The van der Waals surface area contributed by atoms with Gasteiger partial charge >= 0.3 is 12.1 Å². The van der Waals surface area contributed by atoms with Crippen LogP contribution in [0.3, 0.4) is 0 Å². The summed E-state index contributed by atoms with van der Waals surface area (Å²) in [5, 5.41) is 23.1. The molecule has 3 N–H and O–H groups in total. The molecule has 1 aliphatic carbocycles. The Kier molecular flexibility index (Phi) is 10.5. The van der Waals surface area contributed by atoms with Crippen molar-refractivity contribution < 1.29 is 36.6 Å². The molecule has 1 aliphatic rings. The van der Waals surface area contributed by atoms with Crippen LogP contribution in [0, 0.1) is 12.8 Å². The van der Waals surface area contributed by atoms with Crippen LogP contribution in [0.2, 0.25) is 0 Å². The SMILES string of the molecule is Cc1cc(CCC(=O)O)ccc1-c1cc(C(F)(F)F)cc(S(=O)(=O)N(C)CC(O)CNC(C)(C)CC2Cc3ccccc3C2)c1. The number of aliphatic carboxylic acids is 1. The van der Waals surface area contributed by atoms with Crippen LogP contribution in [-0.2, 0) is 40.3 Å². The van der Waals surface area contributed by atoms with Gasteiger partial charge < -0.3 is 15.5 Å². The van der Waals surface area contributed by atoms with Crippen molar-refractivity contribution in [1.29, 1.82) is 0 Å². The minimum Gasteiger partial charge on any atom is -0.481 e. The number of carboxylic acids is 1. The highest BCUT2D eigenvalue weighted by molar-refractivity contribution is 7.89. The first kappa shape index (κ1) is 34.6. The Morgan fingerprint density at radius 2 is 1.69 bits per heavy atom. The number of fused-ring (bicyclic) bond motifs is 1. The summed E-state index contributed by atoms with van der Waals surface area (Å²) in [5.74, 6) is -0.515. The van der Waals surface area contributed by atoms with Crippen molar-refractivity contribution in [3.05, 3.63) is 88.5 Å². The van der Waals surface area contributed by atoms with Gasteiger partial charge in [0.1, 0.15) is 0 Å². The maximum absolute atomic E-state index is 13.9. The molecule has 0 radical (unpaired) electrons. The van der Waals surface area contributed by atoms with E-state index in [4.69, 9.17) is 5.11 Å². The van der Waals surface area contributed by atoms with E-state index in [1.54, 1.807) is 25.1 Å². The number of halogens is 3. The lowest BCUT2D eigenvalue weighted by atomic mass is 9.88. The molecule has 7 nitrogen and oxygen atoms in total. The third-order valence-corrected chi connectivity index (χ3v) is 10.2. The second-order valence-corrected chi connectivity index (χ2v) is 14.8. The van der Waals surface area contributed by atoms with E-state index >= 15 is 0 Å². The molecule has 0 amide bonds. The molecule has 0 aromatic heterocycles. The summed E-state index contributed by atoms with van der Waals surface area (Å²) in [4.78, 5) is 10.4. The first-order chi connectivity index (χ1) is 20.9. The van der Waals surface area contributed by atoms with Crippen molar-refractivity contribution >= 4 is 16.0 Å². The topological polar surface area (TPSA) is 107 Å². The lowest BCUT2D eigenvalue weighted by molar-refractivity contribution is -0.138. The molecule has 1 unspecified atom stereocenters. The largest absolute Gasteiger partial charge is 0.481 e. The Morgan fingerprint density at radius 3 is 2.27 bits per heavy atom. The quantitative estimate of drug-likeness (QED) is 0.215. The summed E-state index contributed by atoms with van der Waals surface area (Å²) in [6, 6.07) is 16.0. The van der Waals surface area contributed by atoms with E-state index in [1.807, 2.05) is 26.0 Å². The molecule has 0 fully saturated rings. The number of carboxylic acid groups (broad SMARTS) is 1. The van der Waals surface area contributed by atoms with Crippen LogP contribution in [0.4, 0.5) is 13.2 Å². The standard InChI is InChI=1S/C34H41F3N2O5S/c1-22-13-23(10-12-32(41)42)9-11-31(22)27-16-28(34(35,36)37)18-30(17-27)45(43,44)39(4)21-29(40)20-38-33(2,3)19-24-14-25-7-5-6-8-26(25)15-24/h5-9,11,13,16-18,24,29,38,40H,10,12,14-15,19-21H2,1-4H3,(H,41,42). The monoisotopic (exact) mass is 646 g/mol. The second kappa shape index (κ2) is 13.6. The molecule has 0 spiro atoms. The minimum absolute atomic E-state index is 0.0668. The summed E-state index contributed by atoms with van der Waals surface area (Å²) in [6.07, 6.45) is -2.91. The number of hydrogen-bond donors (Lipinski definition) is 3. The predicted octanol–water partition coefficient (Wildman–Crippen LogP) is 5.85. The number of rotatable bonds is 13. The van der Waals surface area contributed by atoms with Crippen LogP contribution in [0.1, 0.15) is 54.5 Å². The average Bonchev–Trinajstić information content (AvgIpc) is 3.36. The van der Waals surface area contributed by atoms with Crippen molar-refractivity contribution in [2.24, 2.45) is 5.92 Å². The lowest BCUT2D eigenvalue weighted by Gasteiger charge is -2.31. The maximum Gasteiger partial charge on any atom is 0.416 e. The third kappa shape index (κ3) is 8.94. The Hall–Kier alpha value is -3.25. The number of sulfonamides is 1. The third-order valence-electron chi connectivity index (χ3n) is 8.39. The summed E-state index contributed by atoms with van der Waals surface area (Å²) in [5.41, 5.74) is 3.02. The second-order valence-electron chi connectivity index (χ2n) is 12.7. The molecule has 0 saturated carbocycles. The van der Waals surface area contributed by atoms with E-state index < -0.39 is 38.7 Å². The minimum atomic E-state index is -4.80. The number of hydrogen-bond acceptors (Lipinski definition) is 5. The maximum atomic E-state index is 13.9. The summed E-state index contributed by atoms with van der Waals surface area (Å²) in [6.45, 7) is 5.54. The number of alkyl halides is 3. The normalized spacial score (nSPS) is 15.0. The highest BCUT2D eigenvalue weighted by atomic mass is 32.2. The summed E-state index contributed by atoms with van der Waals surface area (Å²) in [7, 11) is -3.17. The number of aliphatic hydroxyl groups is 1. The molecular weight excluding hydrogens is 605 g/mol. The van der Waals surface area contributed by atoms with Crippen molar-refractivity contribution in [3.8, 4) is 11.1 Å². The number of carbonyl (C=O) groups is 1. The molecule has 244 valence electrons. The van der Waals surface area contributed by atoms with Gasteiger partial charge in [-0.3, -0.25) is 4.79 Å². The number of aryl methyl sites for hydroxylation is 2. The Morgan fingerprint density at radius 1 is 1.04 bits per heavy atom. The van der Waals surface area contributed by atoms with Gasteiger partial charge in [-0.05, 0) is 104 Å². The molecular formula is C34H41F3N2O5S. The van der Waals surface area contributed by atoms with Gasteiger partial charge in [0.2, 0.25) is 10.0 Å². The van der Waals surface area contributed by atoms with Crippen molar-refractivity contribution in [1.82, 2.24) is 9.62 Å². The van der Waals surface area contributed by atoms with E-state index in [0.29, 0.717) is 28.7 Å². The van der Waals surface area contributed by atoms with Gasteiger partial charge in [0.05, 0.1) is 16.6 Å². The Bertz CT molecular complexity index is 1610. The molecule has 4 rings (SSSR count). The Balaban J connectivity index is 1.46. The zero-order chi connectivity index (χ0) is 33.2. The lowest BCUT2D eigenvalue weighted by Crippen LogP contribution is -2.47. The number of likely N-dealkylation sites (N-methyl/N-ethyl adjacent to an activating group) is 1. The average molecular weight is 647 g/mol. The predicted molar refractivity (Wildman–Crippen MR) is 167 cm³/mol. The van der Waals surface area contributed by atoms with Crippen LogP contribution in [0.15, 0.2) is 65.6 Å². The van der Waals surface area contributed by atoms with E-state index in [9.17, 15) is 31.5 Å². The van der Waals surface area contributed by atoms with E-state index in [-0.39, 0.29) is 37.0 Å². The fraction of sp³-hybridized carbons (Fsp3) is 0.441. The molecule has 1 atom stereocenters. The van der Waals surface area contributed by atoms with Gasteiger partial charge in [-0.2, -0.15) is 17.5 Å². The molecule has 0 aliphatic heterocycles. The number of benzene rings is 3. The highest BCUT2D eigenvalue weighted by Gasteiger charge is 2.34. The van der Waals surface area contributed by atoms with Gasteiger partial charge in [0, 0.05) is 32.1 Å². The van der Waals surface area contributed by atoms with Crippen LogP contribution >= 0.6 is 0 Å². The van der Waals surface area contributed by atoms with Crippen molar-refractivity contribution in [3.63, 3.8) is 0 Å². The Labute approximate surface area is 263 Å². The zero-order valence-corrected chi connectivity index (χ0v) is 26.8. The fourth-order valence-corrected chi connectivity index (χ4v) is 7.43. The number of β-amino-alcohol motifs (C(OH)–C–C–N with tert-alkyl or cyclic N) is 1. The van der Waals surface area contributed by atoms with Crippen LogP contribution in [-0.4, -0.2) is 60.7 Å². The van der Waals surface area contributed by atoms with Gasteiger partial charge in [-0.25, -0.2) is 8.42 Å². The number of nitrogens with one attached hydrogen (secondary N) is 1. The highest BCUT2D eigenvalue weighted by Crippen LogP contribution is 2.36. The fourth-order valence-electron chi connectivity index (χ4n) is 6.15. The van der Waals surface area contributed by atoms with Crippen LogP contribution in [0.25, 0.3) is 11.1 Å². The van der Waals surface area contributed by atoms with E-state index in [2.05, 4.69) is 17.4 Å². The van der Waals surface area contributed by atoms with Crippen molar-refractivity contribution in [2.75, 3.05) is 20.1 Å². The molecule has 0 bridgehead atoms. The summed E-state index contributed by atoms with van der Waals surface area (Å²) < 4.78 is 69.7.